The highest BCUT2D eigenvalue weighted by atomic mass is 19.1. The Morgan fingerprint density at radius 2 is 2.11 bits per heavy atom. The summed E-state index contributed by atoms with van der Waals surface area (Å²) in [5.74, 6) is 0.820. The maximum Gasteiger partial charge on any atom is 0.231 e. The molecule has 1 aromatic heterocycles. The fourth-order valence-corrected chi connectivity index (χ4v) is 2.60. The molecule has 19 heavy (non-hydrogen) atoms. The lowest BCUT2D eigenvalue weighted by Gasteiger charge is -2.25. The Morgan fingerprint density at radius 3 is 2.89 bits per heavy atom. The Kier molecular flexibility index (Phi) is 3.29. The van der Waals surface area contributed by atoms with Gasteiger partial charge in [0.05, 0.1) is 5.92 Å². The van der Waals surface area contributed by atoms with E-state index in [2.05, 4.69) is 10.1 Å². The van der Waals surface area contributed by atoms with Crippen LogP contribution in [0, 0.1) is 5.82 Å². The van der Waals surface area contributed by atoms with E-state index in [9.17, 15) is 4.39 Å². The summed E-state index contributed by atoms with van der Waals surface area (Å²) in [5, 5.41) is 3.93. The second-order valence-electron chi connectivity index (χ2n) is 5.02. The molecular weight excluding hydrogens is 245 g/mol. The molecule has 0 radical (unpaired) electrons. The molecule has 0 spiro atoms. The molecule has 4 nitrogen and oxygen atoms in total. The molecular formula is C14H16FN3O. The molecule has 0 saturated heterocycles. The minimum atomic E-state index is -0.307. The SMILES string of the molecule is NC1CCCCC1c1nc(-c2cccc(F)c2)no1. The van der Waals surface area contributed by atoms with Crippen molar-refractivity contribution >= 4 is 0 Å². The molecule has 1 fully saturated rings. The van der Waals surface area contributed by atoms with Gasteiger partial charge in [0.15, 0.2) is 0 Å². The van der Waals surface area contributed by atoms with E-state index >= 15 is 0 Å². The van der Waals surface area contributed by atoms with Gasteiger partial charge in [0.2, 0.25) is 11.7 Å². The standard InChI is InChI=1S/C14H16FN3O/c15-10-5-3-4-9(8-10)13-17-14(19-18-13)11-6-1-2-7-12(11)16/h3-5,8,11-12H,1-2,6-7,16H2. The Labute approximate surface area is 110 Å². The van der Waals surface area contributed by atoms with E-state index in [4.69, 9.17) is 10.3 Å². The third kappa shape index (κ3) is 2.51. The molecule has 2 unspecified atom stereocenters. The molecule has 1 saturated carbocycles. The lowest BCUT2D eigenvalue weighted by Crippen LogP contribution is -2.31. The van der Waals surface area contributed by atoms with Crippen molar-refractivity contribution in [2.75, 3.05) is 0 Å². The molecule has 0 aliphatic heterocycles. The summed E-state index contributed by atoms with van der Waals surface area (Å²) in [6.45, 7) is 0. The average molecular weight is 261 g/mol. The van der Waals surface area contributed by atoms with Crippen LogP contribution < -0.4 is 5.73 Å². The van der Waals surface area contributed by atoms with Crippen LogP contribution in [0.25, 0.3) is 11.4 Å². The average Bonchev–Trinajstić information content (AvgIpc) is 2.89. The van der Waals surface area contributed by atoms with Gasteiger partial charge in [-0.3, -0.25) is 0 Å². The second-order valence-corrected chi connectivity index (χ2v) is 5.02. The molecule has 1 aromatic carbocycles. The van der Waals surface area contributed by atoms with Crippen LogP contribution in [-0.4, -0.2) is 16.2 Å². The van der Waals surface area contributed by atoms with Crippen LogP contribution in [0.15, 0.2) is 28.8 Å². The fraction of sp³-hybridized carbons (Fsp3) is 0.429. The first-order valence-electron chi connectivity index (χ1n) is 6.59. The Balaban J connectivity index is 1.86. The van der Waals surface area contributed by atoms with Gasteiger partial charge in [-0.2, -0.15) is 4.98 Å². The quantitative estimate of drug-likeness (QED) is 0.902. The number of hydrogen-bond donors (Lipinski definition) is 1. The molecule has 0 amide bonds. The summed E-state index contributed by atoms with van der Waals surface area (Å²) in [5.41, 5.74) is 6.72. The first-order chi connectivity index (χ1) is 9.24. The zero-order valence-electron chi connectivity index (χ0n) is 10.6. The molecule has 2 aromatic rings. The normalized spacial score (nSPS) is 23.5. The first kappa shape index (κ1) is 12.3. The summed E-state index contributed by atoms with van der Waals surface area (Å²) in [6, 6.07) is 6.26. The molecule has 3 rings (SSSR count). The van der Waals surface area contributed by atoms with Gasteiger partial charge in [0, 0.05) is 11.6 Å². The third-order valence-corrected chi connectivity index (χ3v) is 3.66. The number of benzene rings is 1. The molecule has 5 heteroatoms. The van der Waals surface area contributed by atoms with Crippen LogP contribution in [0.2, 0.25) is 0 Å². The molecule has 0 bridgehead atoms. The number of hydrogen-bond acceptors (Lipinski definition) is 4. The van der Waals surface area contributed by atoms with Crippen LogP contribution in [0.5, 0.6) is 0 Å². The first-order valence-corrected chi connectivity index (χ1v) is 6.59. The van der Waals surface area contributed by atoms with Crippen molar-refractivity contribution in [3.63, 3.8) is 0 Å². The van der Waals surface area contributed by atoms with Crippen molar-refractivity contribution in [2.24, 2.45) is 5.73 Å². The number of nitrogens with zero attached hydrogens (tertiary/aromatic N) is 2. The molecule has 100 valence electrons. The van der Waals surface area contributed by atoms with Crippen LogP contribution in [0.1, 0.15) is 37.5 Å². The van der Waals surface area contributed by atoms with Gasteiger partial charge < -0.3 is 10.3 Å². The number of rotatable bonds is 2. The number of halogens is 1. The summed E-state index contributed by atoms with van der Waals surface area (Å²) >= 11 is 0. The highest BCUT2D eigenvalue weighted by Gasteiger charge is 2.28. The Morgan fingerprint density at radius 1 is 1.26 bits per heavy atom. The molecule has 1 aliphatic rings. The summed E-state index contributed by atoms with van der Waals surface area (Å²) in [6.07, 6.45) is 4.26. The van der Waals surface area contributed by atoms with Gasteiger partial charge in [-0.15, -0.1) is 0 Å². The lowest BCUT2D eigenvalue weighted by molar-refractivity contribution is 0.290. The van der Waals surface area contributed by atoms with E-state index in [0.29, 0.717) is 17.3 Å². The predicted molar refractivity (Wildman–Crippen MR) is 68.9 cm³/mol. The van der Waals surface area contributed by atoms with E-state index in [-0.39, 0.29) is 17.8 Å². The lowest BCUT2D eigenvalue weighted by atomic mass is 9.85. The smallest absolute Gasteiger partial charge is 0.231 e. The molecule has 2 atom stereocenters. The molecule has 1 heterocycles. The van der Waals surface area contributed by atoms with Crippen molar-refractivity contribution in [3.05, 3.63) is 36.0 Å². The molecule has 2 N–H and O–H groups in total. The fourth-order valence-electron chi connectivity index (χ4n) is 2.60. The van der Waals surface area contributed by atoms with Crippen LogP contribution in [0.3, 0.4) is 0 Å². The van der Waals surface area contributed by atoms with Gasteiger partial charge in [0.1, 0.15) is 5.82 Å². The van der Waals surface area contributed by atoms with E-state index in [0.717, 1.165) is 25.7 Å². The van der Waals surface area contributed by atoms with Crippen molar-refractivity contribution in [1.82, 2.24) is 10.1 Å². The van der Waals surface area contributed by atoms with Crippen LogP contribution in [-0.2, 0) is 0 Å². The maximum atomic E-state index is 13.2. The minimum Gasteiger partial charge on any atom is -0.339 e. The van der Waals surface area contributed by atoms with Crippen molar-refractivity contribution < 1.29 is 8.91 Å². The molecule has 1 aliphatic carbocycles. The van der Waals surface area contributed by atoms with E-state index in [1.165, 1.54) is 12.1 Å². The van der Waals surface area contributed by atoms with Gasteiger partial charge in [-0.25, -0.2) is 4.39 Å². The van der Waals surface area contributed by atoms with Gasteiger partial charge in [-0.05, 0) is 25.0 Å². The van der Waals surface area contributed by atoms with E-state index < -0.39 is 0 Å². The largest absolute Gasteiger partial charge is 0.339 e. The summed E-state index contributed by atoms with van der Waals surface area (Å²) < 4.78 is 18.5. The van der Waals surface area contributed by atoms with Crippen molar-refractivity contribution in [2.45, 2.75) is 37.6 Å². The zero-order valence-corrected chi connectivity index (χ0v) is 10.6. The van der Waals surface area contributed by atoms with Crippen molar-refractivity contribution in [3.8, 4) is 11.4 Å². The Bertz CT molecular complexity index is 569. The van der Waals surface area contributed by atoms with Crippen LogP contribution >= 0.6 is 0 Å². The highest BCUT2D eigenvalue weighted by molar-refractivity contribution is 5.53. The van der Waals surface area contributed by atoms with Crippen molar-refractivity contribution in [1.29, 1.82) is 0 Å². The van der Waals surface area contributed by atoms with Gasteiger partial charge in [-0.1, -0.05) is 30.1 Å². The summed E-state index contributed by atoms with van der Waals surface area (Å²) in [4.78, 5) is 4.37. The minimum absolute atomic E-state index is 0.0783. The van der Waals surface area contributed by atoms with Gasteiger partial charge >= 0.3 is 0 Å². The number of nitrogens with two attached hydrogens (primary N) is 1. The maximum absolute atomic E-state index is 13.2. The topological polar surface area (TPSA) is 64.9 Å². The second kappa shape index (κ2) is 5.09. The summed E-state index contributed by atoms with van der Waals surface area (Å²) in [7, 11) is 0. The highest BCUT2D eigenvalue weighted by Crippen LogP contribution is 2.31. The van der Waals surface area contributed by atoms with E-state index in [1.807, 2.05) is 0 Å². The zero-order chi connectivity index (χ0) is 13.2. The van der Waals surface area contributed by atoms with Gasteiger partial charge in [0.25, 0.3) is 0 Å². The van der Waals surface area contributed by atoms with Crippen LogP contribution in [0.4, 0.5) is 4.39 Å². The number of aromatic nitrogens is 2. The predicted octanol–water partition coefficient (Wildman–Crippen LogP) is 2.86. The van der Waals surface area contributed by atoms with E-state index in [1.54, 1.807) is 12.1 Å². The third-order valence-electron chi connectivity index (χ3n) is 3.66. The Hall–Kier alpha value is -1.75. The monoisotopic (exact) mass is 261 g/mol.